The van der Waals surface area contributed by atoms with Crippen LogP contribution < -0.4 is 0 Å². The molecule has 1 fully saturated rings. The van der Waals surface area contributed by atoms with E-state index in [2.05, 4.69) is 0 Å². The normalized spacial score (nSPS) is 27.7. The Balaban J connectivity index is 2.85. The van der Waals surface area contributed by atoms with Crippen molar-refractivity contribution >= 4 is 46.1 Å². The number of aliphatic carboxylic acids is 1. The summed E-state index contributed by atoms with van der Waals surface area (Å²) in [4.78, 5) is 23.5. The number of carbonyl (C=O) groups is 2. The Morgan fingerprint density at radius 1 is 1.62 bits per heavy atom. The van der Waals surface area contributed by atoms with Gasteiger partial charge in [0.1, 0.15) is 5.88 Å². The SMILES string of the molecule is O=C(CCl)N1CCC[C@]1(I)C(=O)O. The fourth-order valence-corrected chi connectivity index (χ4v) is 2.44. The molecule has 0 spiro atoms. The monoisotopic (exact) mass is 317 g/mol. The Morgan fingerprint density at radius 2 is 2.23 bits per heavy atom. The van der Waals surface area contributed by atoms with E-state index in [9.17, 15) is 9.59 Å². The minimum atomic E-state index is -1.08. The van der Waals surface area contributed by atoms with Gasteiger partial charge >= 0.3 is 5.97 Å². The maximum absolute atomic E-state index is 11.3. The molecule has 0 aromatic carbocycles. The van der Waals surface area contributed by atoms with Crippen LogP contribution in [0.3, 0.4) is 0 Å². The number of carbonyl (C=O) groups excluding carboxylic acids is 1. The van der Waals surface area contributed by atoms with E-state index in [4.69, 9.17) is 16.7 Å². The van der Waals surface area contributed by atoms with Crippen molar-refractivity contribution in [2.24, 2.45) is 0 Å². The Hall–Kier alpha value is -0.0400. The number of rotatable bonds is 2. The van der Waals surface area contributed by atoms with Crippen molar-refractivity contribution < 1.29 is 14.7 Å². The van der Waals surface area contributed by atoms with Crippen LogP contribution in [0.4, 0.5) is 0 Å². The molecular formula is C7H9ClINO3. The van der Waals surface area contributed by atoms with E-state index in [-0.39, 0.29) is 11.8 Å². The summed E-state index contributed by atoms with van der Waals surface area (Å²) in [6, 6.07) is 0. The summed E-state index contributed by atoms with van der Waals surface area (Å²) in [7, 11) is 0. The first-order valence-electron chi connectivity index (χ1n) is 3.81. The van der Waals surface area contributed by atoms with Crippen LogP contribution in [0.15, 0.2) is 0 Å². The van der Waals surface area contributed by atoms with E-state index in [1.807, 2.05) is 0 Å². The van der Waals surface area contributed by atoms with Crippen LogP contribution in [-0.4, -0.2) is 37.9 Å². The van der Waals surface area contributed by atoms with Crippen LogP contribution in [0, 0.1) is 0 Å². The Kier molecular flexibility index (Phi) is 3.39. The molecule has 1 saturated heterocycles. The van der Waals surface area contributed by atoms with E-state index in [1.54, 1.807) is 22.6 Å². The first kappa shape index (κ1) is 11.0. The van der Waals surface area contributed by atoms with Crippen molar-refractivity contribution in [1.29, 1.82) is 0 Å². The number of hydrogen-bond acceptors (Lipinski definition) is 2. The highest BCUT2D eigenvalue weighted by Gasteiger charge is 2.47. The Morgan fingerprint density at radius 3 is 2.69 bits per heavy atom. The molecule has 1 amide bonds. The molecular weight excluding hydrogens is 308 g/mol. The Labute approximate surface area is 94.4 Å². The van der Waals surface area contributed by atoms with Crippen molar-refractivity contribution in [3.63, 3.8) is 0 Å². The van der Waals surface area contributed by atoms with Gasteiger partial charge in [-0.15, -0.1) is 11.6 Å². The topological polar surface area (TPSA) is 57.6 Å². The molecule has 4 nitrogen and oxygen atoms in total. The summed E-state index contributed by atoms with van der Waals surface area (Å²) in [5, 5.41) is 8.94. The lowest BCUT2D eigenvalue weighted by Gasteiger charge is -2.28. The van der Waals surface area contributed by atoms with E-state index in [1.165, 1.54) is 4.90 Å². The molecule has 13 heavy (non-hydrogen) atoms. The van der Waals surface area contributed by atoms with Gasteiger partial charge in [-0.2, -0.15) is 0 Å². The molecule has 1 N–H and O–H groups in total. The van der Waals surface area contributed by atoms with Gasteiger partial charge in [-0.05, 0) is 35.4 Å². The van der Waals surface area contributed by atoms with Gasteiger partial charge in [0.25, 0.3) is 0 Å². The molecule has 0 bridgehead atoms. The summed E-state index contributed by atoms with van der Waals surface area (Å²) in [6.45, 7) is 0.487. The molecule has 1 aliphatic heterocycles. The quantitative estimate of drug-likeness (QED) is 0.471. The summed E-state index contributed by atoms with van der Waals surface area (Å²) in [6.07, 6.45) is 1.21. The van der Waals surface area contributed by atoms with E-state index in [0.29, 0.717) is 13.0 Å². The second kappa shape index (κ2) is 4.00. The van der Waals surface area contributed by atoms with Crippen molar-refractivity contribution in [2.45, 2.75) is 16.4 Å². The van der Waals surface area contributed by atoms with Gasteiger partial charge in [-0.1, -0.05) is 0 Å². The summed E-state index contributed by atoms with van der Waals surface area (Å²) in [5.41, 5.74) is 0. The van der Waals surface area contributed by atoms with Gasteiger partial charge in [0.2, 0.25) is 5.91 Å². The fourth-order valence-electron chi connectivity index (χ4n) is 1.40. The summed E-state index contributed by atoms with van der Waals surface area (Å²) in [5.74, 6) is -1.43. The molecule has 0 aliphatic carbocycles. The molecule has 0 radical (unpaired) electrons. The van der Waals surface area contributed by atoms with E-state index in [0.717, 1.165) is 6.42 Å². The number of hydrogen-bond donors (Lipinski definition) is 1. The zero-order valence-corrected chi connectivity index (χ0v) is 9.71. The van der Waals surface area contributed by atoms with Gasteiger partial charge in [-0.3, -0.25) is 4.79 Å². The molecule has 1 aliphatic rings. The van der Waals surface area contributed by atoms with Crippen molar-refractivity contribution in [1.82, 2.24) is 4.90 Å². The fraction of sp³-hybridized carbons (Fsp3) is 0.714. The predicted molar refractivity (Wildman–Crippen MR) is 56.1 cm³/mol. The lowest BCUT2D eigenvalue weighted by atomic mass is 10.2. The van der Waals surface area contributed by atoms with Crippen LogP contribution >= 0.6 is 34.2 Å². The molecule has 6 heteroatoms. The van der Waals surface area contributed by atoms with E-state index >= 15 is 0 Å². The first-order chi connectivity index (χ1) is 6.02. The minimum Gasteiger partial charge on any atom is -0.479 e. The highest BCUT2D eigenvalue weighted by Crippen LogP contribution is 2.36. The highest BCUT2D eigenvalue weighted by atomic mass is 127. The largest absolute Gasteiger partial charge is 0.479 e. The van der Waals surface area contributed by atoms with Crippen molar-refractivity contribution in [3.05, 3.63) is 0 Å². The molecule has 0 saturated carbocycles. The van der Waals surface area contributed by atoms with Gasteiger partial charge in [-0.25, -0.2) is 4.79 Å². The second-order valence-electron chi connectivity index (χ2n) is 2.85. The minimum absolute atomic E-state index is 0.155. The molecule has 1 heterocycles. The average Bonchev–Trinajstić information content (AvgIpc) is 2.47. The van der Waals surface area contributed by atoms with Crippen molar-refractivity contribution in [2.75, 3.05) is 12.4 Å². The lowest BCUT2D eigenvalue weighted by molar-refractivity contribution is -0.148. The number of carboxylic acids is 1. The molecule has 0 unspecified atom stereocenters. The third-order valence-corrected chi connectivity index (χ3v) is 3.87. The average molecular weight is 318 g/mol. The van der Waals surface area contributed by atoms with Gasteiger partial charge in [0.15, 0.2) is 3.55 Å². The molecule has 1 rings (SSSR count). The summed E-state index contributed by atoms with van der Waals surface area (Å²) < 4.78 is -1.08. The number of halogens is 2. The molecule has 1 atom stereocenters. The smallest absolute Gasteiger partial charge is 0.340 e. The third-order valence-electron chi connectivity index (χ3n) is 2.06. The molecule has 74 valence electrons. The maximum Gasteiger partial charge on any atom is 0.340 e. The number of carboxylic acid groups (broad SMARTS) is 1. The zero-order valence-electron chi connectivity index (χ0n) is 6.80. The first-order valence-corrected chi connectivity index (χ1v) is 5.42. The number of likely N-dealkylation sites (tertiary alicyclic amines) is 1. The van der Waals surface area contributed by atoms with Crippen LogP contribution in [0.5, 0.6) is 0 Å². The zero-order chi connectivity index (χ0) is 10.1. The standard InChI is InChI=1S/C7H9ClINO3/c8-4-5(11)10-3-1-2-7(10,9)6(12)13/h1-4H2,(H,12,13)/t7-/m1/s1. The van der Waals surface area contributed by atoms with E-state index < -0.39 is 9.51 Å². The Bertz CT molecular complexity index is 248. The second-order valence-corrected chi connectivity index (χ2v) is 4.90. The van der Waals surface area contributed by atoms with Gasteiger partial charge in [0, 0.05) is 6.54 Å². The lowest BCUT2D eigenvalue weighted by Crippen LogP contribution is -2.48. The molecule has 0 aromatic rings. The number of alkyl halides is 2. The van der Waals surface area contributed by atoms with Gasteiger partial charge in [0.05, 0.1) is 0 Å². The third kappa shape index (κ3) is 1.90. The van der Waals surface area contributed by atoms with Crippen LogP contribution in [0.2, 0.25) is 0 Å². The predicted octanol–water partition coefficient (Wildman–Crippen LogP) is 1.06. The highest BCUT2D eigenvalue weighted by molar-refractivity contribution is 14.1. The summed E-state index contributed by atoms with van der Waals surface area (Å²) >= 11 is 7.18. The van der Waals surface area contributed by atoms with Crippen LogP contribution in [0.25, 0.3) is 0 Å². The van der Waals surface area contributed by atoms with Crippen LogP contribution in [-0.2, 0) is 9.59 Å². The maximum atomic E-state index is 11.3. The van der Waals surface area contributed by atoms with Crippen LogP contribution in [0.1, 0.15) is 12.8 Å². The number of nitrogens with zero attached hydrogens (tertiary/aromatic N) is 1. The van der Waals surface area contributed by atoms with Gasteiger partial charge < -0.3 is 10.0 Å². The number of amides is 1. The molecule has 0 aromatic heterocycles. The van der Waals surface area contributed by atoms with Crippen molar-refractivity contribution in [3.8, 4) is 0 Å².